The first kappa shape index (κ1) is 19.9. The number of carbonyl (C=O) groups excluding carboxylic acids is 2. The van der Waals surface area contributed by atoms with E-state index in [0.717, 1.165) is 17.1 Å². The number of primary amides is 1. The predicted octanol–water partition coefficient (Wildman–Crippen LogP) is 2.86. The lowest BCUT2D eigenvalue weighted by Gasteiger charge is -2.08. The van der Waals surface area contributed by atoms with Gasteiger partial charge in [0.05, 0.1) is 18.4 Å². The van der Waals surface area contributed by atoms with E-state index in [2.05, 4.69) is 15.5 Å². The Labute approximate surface area is 170 Å². The van der Waals surface area contributed by atoms with Crippen molar-refractivity contribution in [2.45, 2.75) is 18.6 Å². The second kappa shape index (κ2) is 8.89. The fourth-order valence-electron chi connectivity index (χ4n) is 2.53. The van der Waals surface area contributed by atoms with Gasteiger partial charge in [0.1, 0.15) is 10.8 Å². The normalized spacial score (nSPS) is 10.6. The van der Waals surface area contributed by atoms with Gasteiger partial charge < -0.3 is 20.4 Å². The van der Waals surface area contributed by atoms with Gasteiger partial charge in [-0.15, -0.1) is 21.5 Å². The van der Waals surface area contributed by atoms with E-state index in [1.807, 2.05) is 35.8 Å². The van der Waals surface area contributed by atoms with Crippen LogP contribution in [0.4, 0.5) is 5.00 Å². The minimum absolute atomic E-state index is 0.136. The van der Waals surface area contributed by atoms with Crippen LogP contribution in [0.25, 0.3) is 11.4 Å². The Kier molecular flexibility index (Phi) is 6.32. The summed E-state index contributed by atoms with van der Waals surface area (Å²) in [4.78, 5) is 23.6. The molecule has 0 spiro atoms. The molecule has 0 aliphatic carbocycles. The number of amides is 2. The average molecular weight is 418 g/mol. The Hall–Kier alpha value is -2.85. The molecule has 3 N–H and O–H groups in total. The maximum Gasteiger partial charge on any atom is 0.251 e. The Morgan fingerprint density at radius 3 is 2.64 bits per heavy atom. The van der Waals surface area contributed by atoms with Gasteiger partial charge >= 0.3 is 0 Å². The van der Waals surface area contributed by atoms with Gasteiger partial charge in [-0.1, -0.05) is 11.8 Å². The molecule has 8 nitrogen and oxygen atoms in total. The lowest BCUT2D eigenvalue weighted by Crippen LogP contribution is -2.18. The van der Waals surface area contributed by atoms with E-state index in [0.29, 0.717) is 22.3 Å². The fraction of sp³-hybridized carbons (Fsp3) is 0.222. The minimum Gasteiger partial charge on any atom is -0.497 e. The Bertz CT molecular complexity index is 982. The van der Waals surface area contributed by atoms with Crippen LogP contribution in [0.2, 0.25) is 0 Å². The molecular weight excluding hydrogens is 398 g/mol. The van der Waals surface area contributed by atoms with Gasteiger partial charge in [0.25, 0.3) is 5.91 Å². The first-order valence-corrected chi connectivity index (χ1v) is 10.3. The number of thioether (sulfide) groups is 1. The molecule has 2 heterocycles. The molecule has 0 saturated carbocycles. The van der Waals surface area contributed by atoms with Crippen LogP contribution in [-0.4, -0.2) is 39.4 Å². The van der Waals surface area contributed by atoms with Gasteiger partial charge in [-0.05, 0) is 42.6 Å². The van der Waals surface area contributed by atoms with Crippen LogP contribution in [0.15, 0.2) is 40.9 Å². The van der Waals surface area contributed by atoms with Crippen molar-refractivity contribution in [3.05, 3.63) is 41.3 Å². The molecule has 0 bridgehead atoms. The third-order valence-corrected chi connectivity index (χ3v) is 5.69. The van der Waals surface area contributed by atoms with Crippen LogP contribution in [0.5, 0.6) is 5.75 Å². The number of nitrogens with two attached hydrogens (primary N) is 1. The molecule has 2 amide bonds. The summed E-state index contributed by atoms with van der Waals surface area (Å²) in [5.41, 5.74) is 6.52. The van der Waals surface area contributed by atoms with Gasteiger partial charge in [0.15, 0.2) is 11.0 Å². The molecule has 3 aromatic rings. The number of aromatic nitrogens is 3. The molecule has 146 valence electrons. The van der Waals surface area contributed by atoms with Gasteiger partial charge in [0, 0.05) is 12.1 Å². The second-order valence-corrected chi connectivity index (χ2v) is 7.50. The van der Waals surface area contributed by atoms with E-state index in [1.165, 1.54) is 23.1 Å². The van der Waals surface area contributed by atoms with E-state index in [-0.39, 0.29) is 11.7 Å². The SMILES string of the molecule is CCn1c(SCC(=O)Nc2sccc2C(N)=O)nnc1-c1ccc(OC)cc1. The summed E-state index contributed by atoms with van der Waals surface area (Å²) in [6.45, 7) is 2.65. The zero-order valence-corrected chi connectivity index (χ0v) is 17.0. The predicted molar refractivity (Wildman–Crippen MR) is 110 cm³/mol. The van der Waals surface area contributed by atoms with Gasteiger partial charge in [-0.25, -0.2) is 0 Å². The van der Waals surface area contributed by atoms with Crippen molar-refractivity contribution in [2.75, 3.05) is 18.2 Å². The summed E-state index contributed by atoms with van der Waals surface area (Å²) in [6, 6.07) is 9.14. The average Bonchev–Trinajstić information content (AvgIpc) is 3.33. The van der Waals surface area contributed by atoms with Crippen molar-refractivity contribution in [3.8, 4) is 17.1 Å². The third-order valence-electron chi connectivity index (χ3n) is 3.90. The van der Waals surface area contributed by atoms with E-state index in [4.69, 9.17) is 10.5 Å². The molecule has 28 heavy (non-hydrogen) atoms. The number of thiophene rings is 1. The van der Waals surface area contributed by atoms with Crippen LogP contribution in [-0.2, 0) is 11.3 Å². The van der Waals surface area contributed by atoms with E-state index in [9.17, 15) is 9.59 Å². The highest BCUT2D eigenvalue weighted by atomic mass is 32.2. The van der Waals surface area contributed by atoms with Gasteiger partial charge in [0.2, 0.25) is 5.91 Å². The van der Waals surface area contributed by atoms with E-state index >= 15 is 0 Å². The van der Waals surface area contributed by atoms with Crippen molar-refractivity contribution in [2.24, 2.45) is 5.73 Å². The zero-order chi connectivity index (χ0) is 20.1. The summed E-state index contributed by atoms with van der Waals surface area (Å²) in [5, 5.41) is 14.0. The van der Waals surface area contributed by atoms with Crippen molar-refractivity contribution in [1.82, 2.24) is 14.8 Å². The third kappa shape index (κ3) is 4.34. The minimum atomic E-state index is -0.570. The summed E-state index contributed by atoms with van der Waals surface area (Å²) in [6.07, 6.45) is 0. The van der Waals surface area contributed by atoms with Crippen molar-refractivity contribution < 1.29 is 14.3 Å². The summed E-state index contributed by atoms with van der Waals surface area (Å²) >= 11 is 2.53. The van der Waals surface area contributed by atoms with Gasteiger partial charge in [-0.3, -0.25) is 9.59 Å². The van der Waals surface area contributed by atoms with Crippen LogP contribution in [0.1, 0.15) is 17.3 Å². The summed E-state index contributed by atoms with van der Waals surface area (Å²) in [5.74, 6) is 0.811. The highest BCUT2D eigenvalue weighted by Gasteiger charge is 2.16. The lowest BCUT2D eigenvalue weighted by molar-refractivity contribution is -0.113. The van der Waals surface area contributed by atoms with Crippen LogP contribution < -0.4 is 15.8 Å². The van der Waals surface area contributed by atoms with Crippen LogP contribution in [0.3, 0.4) is 0 Å². The molecule has 1 aromatic carbocycles. The number of benzene rings is 1. The lowest BCUT2D eigenvalue weighted by atomic mass is 10.2. The molecule has 10 heteroatoms. The number of rotatable bonds is 8. The molecule has 2 aromatic heterocycles. The van der Waals surface area contributed by atoms with Crippen molar-refractivity contribution in [3.63, 3.8) is 0 Å². The van der Waals surface area contributed by atoms with E-state index in [1.54, 1.807) is 18.6 Å². The fourth-order valence-corrected chi connectivity index (χ4v) is 4.14. The molecule has 0 fully saturated rings. The highest BCUT2D eigenvalue weighted by molar-refractivity contribution is 7.99. The number of hydrogen-bond donors (Lipinski definition) is 2. The largest absolute Gasteiger partial charge is 0.497 e. The monoisotopic (exact) mass is 417 g/mol. The molecule has 0 radical (unpaired) electrons. The Morgan fingerprint density at radius 1 is 1.25 bits per heavy atom. The number of ether oxygens (including phenoxy) is 1. The maximum absolute atomic E-state index is 12.3. The number of methoxy groups -OCH3 is 1. The number of nitrogens with zero attached hydrogens (tertiary/aromatic N) is 3. The molecule has 0 aliphatic rings. The quantitative estimate of drug-likeness (QED) is 0.545. The Balaban J connectivity index is 1.69. The van der Waals surface area contributed by atoms with Crippen LogP contribution in [0, 0.1) is 0 Å². The molecule has 0 atom stereocenters. The molecule has 0 unspecified atom stereocenters. The summed E-state index contributed by atoms with van der Waals surface area (Å²) in [7, 11) is 1.62. The molecule has 0 saturated heterocycles. The number of nitrogens with one attached hydrogen (secondary N) is 1. The highest BCUT2D eigenvalue weighted by Crippen LogP contribution is 2.26. The number of carbonyl (C=O) groups is 2. The molecule has 3 rings (SSSR count). The zero-order valence-electron chi connectivity index (χ0n) is 15.3. The second-order valence-electron chi connectivity index (χ2n) is 5.64. The summed E-state index contributed by atoms with van der Waals surface area (Å²) < 4.78 is 7.12. The van der Waals surface area contributed by atoms with Crippen molar-refractivity contribution in [1.29, 1.82) is 0 Å². The smallest absolute Gasteiger partial charge is 0.251 e. The van der Waals surface area contributed by atoms with Gasteiger partial charge in [-0.2, -0.15) is 0 Å². The molecular formula is C18H19N5O3S2. The number of anilines is 1. The maximum atomic E-state index is 12.3. The first-order chi connectivity index (χ1) is 13.5. The number of hydrogen-bond acceptors (Lipinski definition) is 7. The van der Waals surface area contributed by atoms with Crippen molar-refractivity contribution >= 4 is 39.9 Å². The van der Waals surface area contributed by atoms with Crippen LogP contribution >= 0.6 is 23.1 Å². The topological polar surface area (TPSA) is 112 Å². The van der Waals surface area contributed by atoms with E-state index < -0.39 is 5.91 Å². The first-order valence-electron chi connectivity index (χ1n) is 8.41. The molecule has 0 aliphatic heterocycles. The standard InChI is InChI=1S/C18H19N5O3S2/c1-3-23-16(11-4-6-12(26-2)7-5-11)21-22-18(23)28-10-14(24)20-17-13(15(19)25)8-9-27-17/h4-9H,3,10H2,1-2H3,(H2,19,25)(H,20,24). The Morgan fingerprint density at radius 2 is 2.00 bits per heavy atom.